The molecule has 0 amide bonds. The van der Waals surface area contributed by atoms with Gasteiger partial charge >= 0.3 is 0 Å². The molecule has 5 nitrogen and oxygen atoms in total. The Hall–Kier alpha value is -1.72. The summed E-state index contributed by atoms with van der Waals surface area (Å²) in [5.41, 5.74) is 1.39. The fourth-order valence-corrected chi connectivity index (χ4v) is 2.93. The zero-order chi connectivity index (χ0) is 16.3. The summed E-state index contributed by atoms with van der Waals surface area (Å²) in [5, 5.41) is 7.74. The van der Waals surface area contributed by atoms with Crippen molar-refractivity contribution in [3.8, 4) is 0 Å². The highest BCUT2D eigenvalue weighted by Gasteiger charge is 2.35. The van der Waals surface area contributed by atoms with Crippen LogP contribution in [0.4, 0.5) is 0 Å². The molecule has 2 heterocycles. The van der Waals surface area contributed by atoms with E-state index >= 15 is 0 Å². The third-order valence-electron chi connectivity index (χ3n) is 4.45. The second-order valence-electron chi connectivity index (χ2n) is 7.35. The molecule has 2 aromatic rings. The molecule has 0 spiro atoms. The molecule has 0 aliphatic carbocycles. The van der Waals surface area contributed by atoms with Crippen LogP contribution in [0.1, 0.15) is 32.4 Å². The largest absolute Gasteiger partial charge is 0.367 e. The first kappa shape index (κ1) is 16.1. The van der Waals surface area contributed by atoms with Crippen LogP contribution in [0, 0.1) is 5.41 Å². The minimum absolute atomic E-state index is 0.127. The molecule has 1 aromatic heterocycles. The van der Waals surface area contributed by atoms with E-state index in [9.17, 15) is 0 Å². The fourth-order valence-electron chi connectivity index (χ4n) is 2.93. The number of nitrogens with zero attached hydrogens (tertiary/aromatic N) is 4. The summed E-state index contributed by atoms with van der Waals surface area (Å²) in [6.45, 7) is 10.5. The van der Waals surface area contributed by atoms with E-state index in [0.717, 1.165) is 26.2 Å². The first-order valence-electron chi connectivity index (χ1n) is 8.27. The molecule has 0 bridgehead atoms. The minimum atomic E-state index is 0.127. The highest BCUT2D eigenvalue weighted by Crippen LogP contribution is 2.33. The molecule has 0 unspecified atom stereocenters. The van der Waals surface area contributed by atoms with Crippen LogP contribution in [0.5, 0.6) is 0 Å². The van der Waals surface area contributed by atoms with Crippen LogP contribution in [0.2, 0.25) is 0 Å². The average molecular weight is 314 g/mol. The van der Waals surface area contributed by atoms with Crippen molar-refractivity contribution in [3.63, 3.8) is 0 Å². The first-order valence-corrected chi connectivity index (χ1v) is 8.27. The Morgan fingerprint density at radius 2 is 1.74 bits per heavy atom. The molecule has 1 aliphatic heterocycles. The summed E-state index contributed by atoms with van der Waals surface area (Å²) >= 11 is 0. The third kappa shape index (κ3) is 4.18. The van der Waals surface area contributed by atoms with E-state index in [-0.39, 0.29) is 17.6 Å². The van der Waals surface area contributed by atoms with Crippen LogP contribution in [-0.4, -0.2) is 45.4 Å². The number of benzene rings is 1. The van der Waals surface area contributed by atoms with Gasteiger partial charge in [0.05, 0.1) is 12.2 Å². The van der Waals surface area contributed by atoms with Gasteiger partial charge in [-0.3, -0.25) is 4.90 Å². The molecule has 0 radical (unpaired) electrons. The fraction of sp³-hybridized carbons (Fsp3) is 0.556. The van der Waals surface area contributed by atoms with Crippen LogP contribution in [-0.2, 0) is 11.3 Å². The molecular formula is C18H26N4O. The van der Waals surface area contributed by atoms with E-state index in [1.54, 1.807) is 12.7 Å². The number of ether oxygens (including phenoxy) is 1. The molecule has 124 valence electrons. The maximum atomic E-state index is 6.43. The Kier molecular flexibility index (Phi) is 4.78. The van der Waals surface area contributed by atoms with E-state index < -0.39 is 0 Å². The molecule has 3 rings (SSSR count). The normalized spacial score (nSPS) is 23.1. The van der Waals surface area contributed by atoms with Gasteiger partial charge in [0.15, 0.2) is 0 Å². The molecule has 1 aliphatic rings. The van der Waals surface area contributed by atoms with Crippen molar-refractivity contribution in [2.45, 2.75) is 39.5 Å². The Morgan fingerprint density at radius 3 is 2.39 bits per heavy atom. The lowest BCUT2D eigenvalue weighted by Crippen LogP contribution is -2.49. The van der Waals surface area contributed by atoms with Crippen molar-refractivity contribution in [3.05, 3.63) is 48.5 Å². The highest BCUT2D eigenvalue weighted by atomic mass is 16.5. The predicted octanol–water partition coefficient (Wildman–Crippen LogP) is 2.77. The lowest BCUT2D eigenvalue weighted by molar-refractivity contribution is -0.129. The maximum absolute atomic E-state index is 6.43. The predicted molar refractivity (Wildman–Crippen MR) is 90.0 cm³/mol. The first-order chi connectivity index (χ1) is 11.0. The minimum Gasteiger partial charge on any atom is -0.367 e. The molecule has 2 atom stereocenters. The molecule has 1 fully saturated rings. The van der Waals surface area contributed by atoms with E-state index in [2.05, 4.69) is 66.2 Å². The maximum Gasteiger partial charge on any atom is 0.119 e. The highest BCUT2D eigenvalue weighted by molar-refractivity contribution is 5.18. The topological polar surface area (TPSA) is 43.2 Å². The van der Waals surface area contributed by atoms with Crippen LogP contribution >= 0.6 is 0 Å². The van der Waals surface area contributed by atoms with Crippen molar-refractivity contribution in [1.82, 2.24) is 19.7 Å². The van der Waals surface area contributed by atoms with Gasteiger partial charge in [-0.05, 0) is 11.0 Å². The SMILES string of the molecule is CC(C)(C)[C@H]1CN(CCn2cnnc2)C[C@@H](c2ccccc2)O1. The van der Waals surface area contributed by atoms with Gasteiger partial charge in [-0.2, -0.15) is 0 Å². The zero-order valence-electron chi connectivity index (χ0n) is 14.2. The summed E-state index contributed by atoms with van der Waals surface area (Å²) in [4.78, 5) is 2.50. The van der Waals surface area contributed by atoms with Gasteiger partial charge in [0.25, 0.3) is 0 Å². The van der Waals surface area contributed by atoms with Crippen molar-refractivity contribution in [1.29, 1.82) is 0 Å². The zero-order valence-corrected chi connectivity index (χ0v) is 14.2. The summed E-state index contributed by atoms with van der Waals surface area (Å²) in [5.74, 6) is 0. The van der Waals surface area contributed by atoms with Gasteiger partial charge in [0.1, 0.15) is 12.7 Å². The van der Waals surface area contributed by atoms with E-state index in [1.807, 2.05) is 4.57 Å². The standard InChI is InChI=1S/C18H26N4O/c1-18(2,3)17-12-21(9-10-22-13-19-20-14-22)11-16(23-17)15-7-5-4-6-8-15/h4-8,13-14,16-17H,9-12H2,1-3H3/t16-,17+/m0/s1. The number of morpholine rings is 1. The van der Waals surface area contributed by atoms with Crippen molar-refractivity contribution in [2.24, 2.45) is 5.41 Å². The molecule has 1 saturated heterocycles. The second-order valence-corrected chi connectivity index (χ2v) is 7.35. The summed E-state index contributed by atoms with van der Waals surface area (Å²) in [7, 11) is 0. The Morgan fingerprint density at radius 1 is 1.04 bits per heavy atom. The monoisotopic (exact) mass is 314 g/mol. The van der Waals surface area contributed by atoms with Crippen LogP contribution in [0.15, 0.2) is 43.0 Å². The van der Waals surface area contributed by atoms with Crippen LogP contribution in [0.25, 0.3) is 0 Å². The van der Waals surface area contributed by atoms with Crippen molar-refractivity contribution in [2.75, 3.05) is 19.6 Å². The van der Waals surface area contributed by atoms with Gasteiger partial charge in [0.2, 0.25) is 0 Å². The smallest absolute Gasteiger partial charge is 0.119 e. The number of hydrogen-bond acceptors (Lipinski definition) is 4. The molecule has 1 aromatic carbocycles. The third-order valence-corrected chi connectivity index (χ3v) is 4.45. The van der Waals surface area contributed by atoms with E-state index in [1.165, 1.54) is 5.56 Å². The quantitative estimate of drug-likeness (QED) is 0.870. The van der Waals surface area contributed by atoms with Crippen molar-refractivity contribution < 1.29 is 4.74 Å². The van der Waals surface area contributed by atoms with Crippen LogP contribution in [0.3, 0.4) is 0 Å². The Labute approximate surface area is 138 Å². The molecular weight excluding hydrogens is 288 g/mol. The van der Waals surface area contributed by atoms with Crippen LogP contribution < -0.4 is 0 Å². The lowest BCUT2D eigenvalue weighted by atomic mass is 9.87. The number of hydrogen-bond donors (Lipinski definition) is 0. The lowest BCUT2D eigenvalue weighted by Gasteiger charge is -2.43. The van der Waals surface area contributed by atoms with E-state index in [4.69, 9.17) is 4.74 Å². The Bertz CT molecular complexity index is 591. The second kappa shape index (κ2) is 6.81. The summed E-state index contributed by atoms with van der Waals surface area (Å²) in [6, 6.07) is 10.5. The van der Waals surface area contributed by atoms with E-state index in [0.29, 0.717) is 0 Å². The van der Waals surface area contributed by atoms with Gasteiger partial charge < -0.3 is 9.30 Å². The molecule has 23 heavy (non-hydrogen) atoms. The van der Waals surface area contributed by atoms with Gasteiger partial charge in [-0.15, -0.1) is 10.2 Å². The average Bonchev–Trinajstić information content (AvgIpc) is 3.06. The van der Waals surface area contributed by atoms with Crippen molar-refractivity contribution >= 4 is 0 Å². The van der Waals surface area contributed by atoms with Gasteiger partial charge in [-0.25, -0.2) is 0 Å². The summed E-state index contributed by atoms with van der Waals surface area (Å²) in [6.07, 6.45) is 3.91. The summed E-state index contributed by atoms with van der Waals surface area (Å²) < 4.78 is 8.46. The van der Waals surface area contributed by atoms with Gasteiger partial charge in [0, 0.05) is 26.2 Å². The van der Waals surface area contributed by atoms with Gasteiger partial charge in [-0.1, -0.05) is 51.1 Å². The molecule has 0 saturated carbocycles. The number of rotatable bonds is 4. The Balaban J connectivity index is 1.71. The molecule has 5 heteroatoms. The molecule has 0 N–H and O–H groups in total. The number of aromatic nitrogens is 3.